The molecule has 3 N–H and O–H groups in total. The Morgan fingerprint density at radius 2 is 1.88 bits per heavy atom. The summed E-state index contributed by atoms with van der Waals surface area (Å²) in [5.41, 5.74) is 8.52. The Labute approximate surface area is 245 Å². The van der Waals surface area contributed by atoms with Crippen LogP contribution < -0.4 is 20.7 Å². The lowest BCUT2D eigenvalue weighted by molar-refractivity contribution is -0.133. The highest BCUT2D eigenvalue weighted by molar-refractivity contribution is 5.87. The third kappa shape index (κ3) is 5.44. The summed E-state index contributed by atoms with van der Waals surface area (Å²) in [6.07, 6.45) is 3.31. The zero-order valence-corrected chi connectivity index (χ0v) is 23.5. The molecule has 0 spiro atoms. The van der Waals surface area contributed by atoms with Crippen LogP contribution in [0.5, 0.6) is 5.75 Å². The third-order valence-electron chi connectivity index (χ3n) is 7.93. The number of benzene rings is 1. The highest BCUT2D eigenvalue weighted by atomic mass is 19.1. The normalized spacial score (nSPS) is 16.4. The molecule has 43 heavy (non-hydrogen) atoms. The number of carbonyl (C=O) groups is 1. The number of piperazine rings is 2. The Morgan fingerprint density at radius 3 is 2.65 bits per heavy atom. The minimum atomic E-state index is -0.357. The summed E-state index contributed by atoms with van der Waals surface area (Å²) in [4.78, 5) is 32.1. The first-order valence-corrected chi connectivity index (χ1v) is 14.3. The van der Waals surface area contributed by atoms with E-state index in [2.05, 4.69) is 30.3 Å². The zero-order chi connectivity index (χ0) is 29.3. The van der Waals surface area contributed by atoms with Crippen LogP contribution in [0.4, 0.5) is 16.0 Å². The van der Waals surface area contributed by atoms with E-state index in [0.29, 0.717) is 72.6 Å². The molecule has 6 heterocycles. The van der Waals surface area contributed by atoms with Crippen molar-refractivity contribution in [3.05, 3.63) is 48.7 Å². The number of carbonyl (C=O) groups excluding carboxylic acids is 1. The summed E-state index contributed by atoms with van der Waals surface area (Å²) in [6.45, 7) is 7.13. The van der Waals surface area contributed by atoms with Crippen LogP contribution in [0.2, 0.25) is 0 Å². The Kier molecular flexibility index (Phi) is 7.24. The van der Waals surface area contributed by atoms with Gasteiger partial charge in [-0.1, -0.05) is 0 Å². The smallest absolute Gasteiger partial charge is 0.260 e. The van der Waals surface area contributed by atoms with Crippen molar-refractivity contribution in [3.8, 4) is 17.3 Å². The molecule has 5 aromatic rings. The molecule has 0 radical (unpaired) electrons. The second kappa shape index (κ2) is 11.5. The number of nitrogen functional groups attached to an aromatic ring is 1. The van der Waals surface area contributed by atoms with Gasteiger partial charge in [0.15, 0.2) is 29.2 Å². The maximum absolute atomic E-state index is 15.0. The third-order valence-corrected chi connectivity index (χ3v) is 7.93. The van der Waals surface area contributed by atoms with Crippen LogP contribution in [0, 0.1) is 5.82 Å². The summed E-state index contributed by atoms with van der Waals surface area (Å²) in [5, 5.41) is 7.63. The Bertz CT molecular complexity index is 1740. The van der Waals surface area contributed by atoms with Gasteiger partial charge in [0, 0.05) is 71.5 Å². The lowest BCUT2D eigenvalue weighted by Crippen LogP contribution is -2.48. The number of hydrogen-bond acceptors (Lipinski definition) is 11. The first-order chi connectivity index (χ1) is 21.0. The van der Waals surface area contributed by atoms with Crippen molar-refractivity contribution in [1.29, 1.82) is 0 Å². The van der Waals surface area contributed by atoms with E-state index >= 15 is 4.39 Å². The number of fused-ring (bicyclic) bond motifs is 3. The number of furan rings is 1. The lowest BCUT2D eigenvalue weighted by atomic mass is 10.2. The number of halogens is 1. The predicted octanol–water partition coefficient (Wildman–Crippen LogP) is 1.09. The minimum Gasteiger partial charge on any atom is -0.484 e. The molecule has 2 fully saturated rings. The SMILES string of the molecule is Nc1nc2c(ncn2CCN2CCN(c3ccc(OCC(=O)N4CCNCC4)cc3F)CC2)c2nc(-c3ccco3)nn12. The maximum atomic E-state index is 15.0. The summed E-state index contributed by atoms with van der Waals surface area (Å²) in [7, 11) is 0. The molecule has 2 saturated heterocycles. The monoisotopic (exact) mass is 589 g/mol. The highest BCUT2D eigenvalue weighted by Gasteiger charge is 2.22. The van der Waals surface area contributed by atoms with Crippen LogP contribution in [-0.4, -0.2) is 110 Å². The molecule has 14 nitrogen and oxygen atoms in total. The largest absolute Gasteiger partial charge is 0.484 e. The van der Waals surface area contributed by atoms with Gasteiger partial charge in [-0.15, -0.1) is 5.10 Å². The molecule has 0 aliphatic carbocycles. The topological polar surface area (TPSA) is 148 Å². The average Bonchev–Trinajstić information content (AvgIpc) is 3.80. The number of aromatic nitrogens is 6. The number of rotatable bonds is 8. The van der Waals surface area contributed by atoms with Crippen molar-refractivity contribution in [2.75, 3.05) is 76.1 Å². The number of imidazole rings is 1. The van der Waals surface area contributed by atoms with Gasteiger partial charge in [0.05, 0.1) is 18.3 Å². The first kappa shape index (κ1) is 27.1. The lowest BCUT2D eigenvalue weighted by Gasteiger charge is -2.36. The van der Waals surface area contributed by atoms with E-state index < -0.39 is 0 Å². The number of ether oxygens (including phenoxy) is 1. The molecule has 0 atom stereocenters. The quantitative estimate of drug-likeness (QED) is 0.268. The van der Waals surface area contributed by atoms with E-state index in [0.717, 1.165) is 32.7 Å². The van der Waals surface area contributed by atoms with Crippen molar-refractivity contribution in [1.82, 2.24) is 44.2 Å². The van der Waals surface area contributed by atoms with Crippen LogP contribution in [0.25, 0.3) is 28.4 Å². The molecular weight excluding hydrogens is 557 g/mol. The number of anilines is 2. The number of hydrogen-bond donors (Lipinski definition) is 2. The van der Waals surface area contributed by atoms with Gasteiger partial charge in [0.2, 0.25) is 11.8 Å². The molecule has 0 saturated carbocycles. The van der Waals surface area contributed by atoms with Crippen molar-refractivity contribution in [2.24, 2.45) is 0 Å². The molecule has 2 aliphatic rings. The Morgan fingerprint density at radius 1 is 1.05 bits per heavy atom. The first-order valence-electron chi connectivity index (χ1n) is 14.3. The molecule has 2 aliphatic heterocycles. The molecule has 15 heteroatoms. The standard InChI is InChI=1S/C28H32FN11O3/c29-20-16-19(43-17-23(41)38-7-5-31-6-8-38)3-4-21(20)37-12-9-36(10-13-37)11-14-39-18-32-24-26(39)34-28(30)40-27(24)33-25(35-40)22-2-1-15-42-22/h1-4,15-16,18,31H,5-14,17H2,(H2,30,34). The van der Waals surface area contributed by atoms with Gasteiger partial charge in [-0.3, -0.25) is 9.69 Å². The van der Waals surface area contributed by atoms with Crippen LogP contribution in [0.15, 0.2) is 47.3 Å². The van der Waals surface area contributed by atoms with Gasteiger partial charge in [-0.2, -0.15) is 9.50 Å². The average molecular weight is 590 g/mol. The molecule has 7 rings (SSSR count). The van der Waals surface area contributed by atoms with Gasteiger partial charge in [-0.25, -0.2) is 14.4 Å². The maximum Gasteiger partial charge on any atom is 0.260 e. The summed E-state index contributed by atoms with van der Waals surface area (Å²) >= 11 is 0. The minimum absolute atomic E-state index is 0.0870. The van der Waals surface area contributed by atoms with Gasteiger partial charge < -0.3 is 34.6 Å². The molecular formula is C28H32FN11O3. The van der Waals surface area contributed by atoms with E-state index in [1.165, 1.54) is 10.6 Å². The molecule has 1 aromatic carbocycles. The fourth-order valence-electron chi connectivity index (χ4n) is 5.55. The van der Waals surface area contributed by atoms with Crippen LogP contribution in [0.1, 0.15) is 0 Å². The van der Waals surface area contributed by atoms with Crippen LogP contribution in [0.3, 0.4) is 0 Å². The van der Waals surface area contributed by atoms with E-state index in [9.17, 15) is 4.79 Å². The summed E-state index contributed by atoms with van der Waals surface area (Å²) in [6, 6.07) is 8.37. The number of nitrogens with two attached hydrogens (primary N) is 1. The number of nitrogens with zero attached hydrogens (tertiary/aromatic N) is 9. The summed E-state index contributed by atoms with van der Waals surface area (Å²) in [5.74, 6) is 1.08. The van der Waals surface area contributed by atoms with E-state index in [4.69, 9.17) is 14.9 Å². The molecule has 0 bridgehead atoms. The van der Waals surface area contributed by atoms with E-state index in [1.807, 2.05) is 9.47 Å². The Balaban J connectivity index is 0.945. The molecule has 224 valence electrons. The predicted molar refractivity (Wildman–Crippen MR) is 156 cm³/mol. The number of nitrogens with one attached hydrogen (secondary N) is 1. The van der Waals surface area contributed by atoms with Gasteiger partial charge in [0.25, 0.3) is 5.91 Å². The molecule has 4 aromatic heterocycles. The van der Waals surface area contributed by atoms with Crippen molar-refractivity contribution >= 4 is 34.4 Å². The van der Waals surface area contributed by atoms with Crippen LogP contribution in [-0.2, 0) is 11.3 Å². The van der Waals surface area contributed by atoms with Crippen molar-refractivity contribution in [3.63, 3.8) is 0 Å². The van der Waals surface area contributed by atoms with Crippen molar-refractivity contribution < 1.29 is 18.3 Å². The van der Waals surface area contributed by atoms with Crippen molar-refractivity contribution in [2.45, 2.75) is 6.54 Å². The molecule has 0 unspecified atom stereocenters. The summed E-state index contributed by atoms with van der Waals surface area (Å²) < 4.78 is 29.5. The van der Waals surface area contributed by atoms with E-state index in [1.54, 1.807) is 41.8 Å². The fourth-order valence-corrected chi connectivity index (χ4v) is 5.55. The van der Waals surface area contributed by atoms with E-state index in [-0.39, 0.29) is 24.3 Å². The van der Waals surface area contributed by atoms with Gasteiger partial charge in [0.1, 0.15) is 11.6 Å². The van der Waals surface area contributed by atoms with Gasteiger partial charge in [-0.05, 0) is 24.3 Å². The fraction of sp³-hybridized carbons (Fsp3) is 0.393. The molecule has 1 amide bonds. The second-order valence-electron chi connectivity index (χ2n) is 10.6. The highest BCUT2D eigenvalue weighted by Crippen LogP contribution is 2.26. The second-order valence-corrected chi connectivity index (χ2v) is 10.6. The van der Waals surface area contributed by atoms with Gasteiger partial charge >= 0.3 is 0 Å². The number of amides is 1. The van der Waals surface area contributed by atoms with Crippen LogP contribution >= 0.6 is 0 Å². The Hall–Kier alpha value is -4.76. The zero-order valence-electron chi connectivity index (χ0n) is 23.5.